The molecule has 0 unspecified atom stereocenters. The molecule has 26 heavy (non-hydrogen) atoms. The van der Waals surface area contributed by atoms with Crippen LogP contribution in [0.15, 0.2) is 42.5 Å². The highest BCUT2D eigenvalue weighted by Gasteiger charge is 2.10. The Morgan fingerprint density at radius 1 is 0.692 bits per heavy atom. The first-order valence-corrected chi connectivity index (χ1v) is 8.12. The Labute approximate surface area is 152 Å². The van der Waals surface area contributed by atoms with Crippen LogP contribution in [0.5, 0.6) is 23.0 Å². The average Bonchev–Trinajstić information content (AvgIpc) is 2.70. The van der Waals surface area contributed by atoms with Gasteiger partial charge in [-0.2, -0.15) is 0 Å². The monoisotopic (exact) mass is 351 g/mol. The number of hydrogen-bond donors (Lipinski definition) is 0. The molecule has 5 nitrogen and oxygen atoms in total. The third kappa shape index (κ3) is 3.42. The molecule has 0 saturated carbocycles. The highest BCUT2D eigenvalue weighted by atomic mass is 16.5. The topological polar surface area (TPSA) is 49.8 Å². The minimum Gasteiger partial charge on any atom is -0.496 e. The Kier molecular flexibility index (Phi) is 5.27. The number of pyridine rings is 1. The number of fused-ring (bicyclic) bond motifs is 1. The van der Waals surface area contributed by atoms with Crippen molar-refractivity contribution >= 4 is 23.1 Å². The van der Waals surface area contributed by atoms with Crippen LogP contribution < -0.4 is 18.9 Å². The zero-order valence-corrected chi connectivity index (χ0v) is 15.3. The van der Waals surface area contributed by atoms with E-state index in [1.54, 1.807) is 34.5 Å². The largest absolute Gasteiger partial charge is 0.496 e. The van der Waals surface area contributed by atoms with E-state index in [0.717, 1.165) is 27.9 Å². The zero-order valence-electron chi connectivity index (χ0n) is 15.3. The van der Waals surface area contributed by atoms with E-state index in [4.69, 9.17) is 18.9 Å². The van der Waals surface area contributed by atoms with Crippen molar-refractivity contribution in [1.29, 1.82) is 0 Å². The fourth-order valence-electron chi connectivity index (χ4n) is 2.75. The molecule has 1 heterocycles. The fourth-order valence-corrected chi connectivity index (χ4v) is 2.75. The molecule has 0 aliphatic rings. The molecule has 0 radical (unpaired) electrons. The molecule has 134 valence electrons. The van der Waals surface area contributed by atoms with Gasteiger partial charge in [-0.15, -0.1) is 0 Å². The number of ether oxygens (including phenoxy) is 4. The Balaban J connectivity index is 2.00. The summed E-state index contributed by atoms with van der Waals surface area (Å²) in [6.07, 6.45) is 3.86. The maximum atomic E-state index is 5.46. The van der Waals surface area contributed by atoms with Crippen LogP contribution in [-0.4, -0.2) is 33.4 Å². The SMILES string of the molecule is COc1cc(OC)c(OC)cc1C=Cc1ccc2cccc(OC)c2n1. The molecule has 2 aromatic carbocycles. The summed E-state index contributed by atoms with van der Waals surface area (Å²) in [6, 6.07) is 13.5. The number of methoxy groups -OCH3 is 4. The molecule has 0 atom stereocenters. The third-order valence-electron chi connectivity index (χ3n) is 4.09. The molecule has 5 heteroatoms. The quantitative estimate of drug-likeness (QED) is 0.657. The van der Waals surface area contributed by atoms with Gasteiger partial charge < -0.3 is 18.9 Å². The van der Waals surface area contributed by atoms with E-state index >= 15 is 0 Å². The van der Waals surface area contributed by atoms with Crippen molar-refractivity contribution in [3.05, 3.63) is 53.7 Å². The number of hydrogen-bond acceptors (Lipinski definition) is 5. The van der Waals surface area contributed by atoms with Gasteiger partial charge in [-0.1, -0.05) is 18.2 Å². The van der Waals surface area contributed by atoms with Crippen molar-refractivity contribution in [2.24, 2.45) is 0 Å². The summed E-state index contributed by atoms with van der Waals surface area (Å²) >= 11 is 0. The van der Waals surface area contributed by atoms with Crippen molar-refractivity contribution in [2.45, 2.75) is 0 Å². The summed E-state index contributed by atoms with van der Waals surface area (Å²) in [5.74, 6) is 2.70. The highest BCUT2D eigenvalue weighted by Crippen LogP contribution is 2.35. The zero-order chi connectivity index (χ0) is 18.5. The molecule has 0 saturated heterocycles. The molecule has 0 aliphatic carbocycles. The first-order valence-electron chi connectivity index (χ1n) is 8.12. The molecule has 0 bridgehead atoms. The van der Waals surface area contributed by atoms with Crippen LogP contribution in [0.25, 0.3) is 23.1 Å². The number of aromatic nitrogens is 1. The van der Waals surface area contributed by atoms with Gasteiger partial charge in [0.05, 0.1) is 34.1 Å². The van der Waals surface area contributed by atoms with Crippen LogP contribution in [0.2, 0.25) is 0 Å². The van der Waals surface area contributed by atoms with Crippen LogP contribution in [0.1, 0.15) is 11.3 Å². The smallest absolute Gasteiger partial charge is 0.164 e. The molecular weight excluding hydrogens is 330 g/mol. The molecule has 3 aromatic rings. The van der Waals surface area contributed by atoms with E-state index in [2.05, 4.69) is 4.98 Å². The second-order valence-electron chi connectivity index (χ2n) is 5.55. The van der Waals surface area contributed by atoms with Crippen molar-refractivity contribution < 1.29 is 18.9 Å². The lowest BCUT2D eigenvalue weighted by atomic mass is 10.1. The number of para-hydroxylation sites is 1. The van der Waals surface area contributed by atoms with E-state index in [-0.39, 0.29) is 0 Å². The van der Waals surface area contributed by atoms with E-state index in [9.17, 15) is 0 Å². The van der Waals surface area contributed by atoms with Crippen LogP contribution in [0, 0.1) is 0 Å². The maximum absolute atomic E-state index is 5.46. The van der Waals surface area contributed by atoms with E-state index in [0.29, 0.717) is 17.2 Å². The average molecular weight is 351 g/mol. The normalized spacial score (nSPS) is 10.9. The summed E-state index contributed by atoms with van der Waals surface area (Å²) < 4.78 is 21.5. The first-order chi connectivity index (χ1) is 12.7. The lowest BCUT2D eigenvalue weighted by Crippen LogP contribution is -1.94. The van der Waals surface area contributed by atoms with Crippen molar-refractivity contribution in [3.63, 3.8) is 0 Å². The second kappa shape index (κ2) is 7.78. The standard InChI is InChI=1S/C21H21NO4/c1-23-17-7-5-6-14-8-10-16(22-21(14)17)11-9-15-12-19(25-3)20(26-4)13-18(15)24-2/h5-13H,1-4H3. The van der Waals surface area contributed by atoms with Gasteiger partial charge in [0, 0.05) is 17.0 Å². The molecule has 0 spiro atoms. The fraction of sp³-hybridized carbons (Fsp3) is 0.190. The van der Waals surface area contributed by atoms with Gasteiger partial charge in [-0.3, -0.25) is 0 Å². The summed E-state index contributed by atoms with van der Waals surface area (Å²) in [5.41, 5.74) is 2.52. The minimum absolute atomic E-state index is 0.620. The van der Waals surface area contributed by atoms with Crippen molar-refractivity contribution in [3.8, 4) is 23.0 Å². The van der Waals surface area contributed by atoms with Gasteiger partial charge in [0.2, 0.25) is 0 Å². The van der Waals surface area contributed by atoms with Crippen LogP contribution in [-0.2, 0) is 0 Å². The Bertz CT molecular complexity index is 950. The summed E-state index contributed by atoms with van der Waals surface area (Å²) in [7, 11) is 6.47. The molecule has 0 amide bonds. The Hall–Kier alpha value is -3.21. The van der Waals surface area contributed by atoms with E-state index in [1.165, 1.54) is 0 Å². The van der Waals surface area contributed by atoms with Crippen LogP contribution in [0.4, 0.5) is 0 Å². The minimum atomic E-state index is 0.620. The predicted molar refractivity (Wildman–Crippen MR) is 103 cm³/mol. The van der Waals surface area contributed by atoms with E-state index in [1.807, 2.05) is 48.6 Å². The first kappa shape index (κ1) is 17.6. The maximum Gasteiger partial charge on any atom is 0.164 e. The van der Waals surface area contributed by atoms with Crippen LogP contribution >= 0.6 is 0 Å². The predicted octanol–water partition coefficient (Wildman–Crippen LogP) is 4.44. The van der Waals surface area contributed by atoms with Gasteiger partial charge in [0.1, 0.15) is 17.0 Å². The molecular formula is C21H21NO4. The van der Waals surface area contributed by atoms with Gasteiger partial charge in [-0.05, 0) is 30.4 Å². The third-order valence-corrected chi connectivity index (χ3v) is 4.09. The van der Waals surface area contributed by atoms with Crippen molar-refractivity contribution in [1.82, 2.24) is 4.98 Å². The Morgan fingerprint density at radius 2 is 1.38 bits per heavy atom. The van der Waals surface area contributed by atoms with Gasteiger partial charge in [0.15, 0.2) is 11.5 Å². The van der Waals surface area contributed by atoms with E-state index < -0.39 is 0 Å². The molecule has 0 N–H and O–H groups in total. The van der Waals surface area contributed by atoms with Crippen molar-refractivity contribution in [2.75, 3.05) is 28.4 Å². The summed E-state index contributed by atoms with van der Waals surface area (Å²) in [4.78, 5) is 4.68. The number of nitrogens with zero attached hydrogens (tertiary/aromatic N) is 1. The van der Waals surface area contributed by atoms with Gasteiger partial charge in [0.25, 0.3) is 0 Å². The molecule has 0 fully saturated rings. The Morgan fingerprint density at radius 3 is 2.08 bits per heavy atom. The molecule has 0 aliphatic heterocycles. The second-order valence-corrected chi connectivity index (χ2v) is 5.55. The summed E-state index contributed by atoms with van der Waals surface area (Å²) in [5, 5.41) is 1.03. The lowest BCUT2D eigenvalue weighted by molar-refractivity contribution is 0.348. The molecule has 1 aromatic heterocycles. The lowest BCUT2D eigenvalue weighted by Gasteiger charge is -2.12. The van der Waals surface area contributed by atoms with Crippen LogP contribution in [0.3, 0.4) is 0 Å². The van der Waals surface area contributed by atoms with Gasteiger partial charge in [-0.25, -0.2) is 4.98 Å². The highest BCUT2D eigenvalue weighted by molar-refractivity contribution is 5.86. The number of benzene rings is 2. The summed E-state index contributed by atoms with van der Waals surface area (Å²) in [6.45, 7) is 0. The molecule has 3 rings (SSSR count). The number of rotatable bonds is 6. The van der Waals surface area contributed by atoms with Gasteiger partial charge >= 0.3 is 0 Å².